The van der Waals surface area contributed by atoms with Crippen LogP contribution >= 0.6 is 12.4 Å². The summed E-state index contributed by atoms with van der Waals surface area (Å²) in [4.78, 5) is 14.3. The zero-order chi connectivity index (χ0) is 12.4. The topological polar surface area (TPSA) is 41.6 Å². The van der Waals surface area contributed by atoms with Gasteiger partial charge in [-0.2, -0.15) is 0 Å². The van der Waals surface area contributed by atoms with Gasteiger partial charge in [-0.05, 0) is 17.5 Å². The predicted molar refractivity (Wildman–Crippen MR) is 75.4 cm³/mol. The number of rotatable bonds is 1. The van der Waals surface area contributed by atoms with Gasteiger partial charge in [0.2, 0.25) is 5.91 Å². The molecule has 1 N–H and O–H groups in total. The molecular weight excluding hydrogens is 264 g/mol. The number of carbonyl (C=O) groups is 1. The standard InChI is InChI=1S/C14H18N2O2.ClH/c17-14(16-5-7-18-8-6-16)13-9-11-3-1-2-4-12(11)10-15-13;/h1-4,13,15H,5-10H2;1H/t13-;/m0./s1. The monoisotopic (exact) mass is 282 g/mol. The van der Waals surface area contributed by atoms with Gasteiger partial charge in [-0.25, -0.2) is 0 Å². The van der Waals surface area contributed by atoms with Crippen molar-refractivity contribution in [3.8, 4) is 0 Å². The summed E-state index contributed by atoms with van der Waals surface area (Å²) in [6.07, 6.45) is 0.798. The highest BCUT2D eigenvalue weighted by molar-refractivity contribution is 5.85. The molecule has 0 bridgehead atoms. The molecule has 2 aliphatic rings. The quantitative estimate of drug-likeness (QED) is 0.835. The highest BCUT2D eigenvalue weighted by atomic mass is 35.5. The zero-order valence-corrected chi connectivity index (χ0v) is 11.6. The first-order chi connectivity index (χ1) is 8.84. The molecule has 0 unspecified atom stereocenters. The van der Waals surface area contributed by atoms with Crippen molar-refractivity contribution >= 4 is 18.3 Å². The fourth-order valence-electron chi connectivity index (χ4n) is 2.63. The highest BCUT2D eigenvalue weighted by Crippen LogP contribution is 2.17. The minimum atomic E-state index is -0.0713. The second kappa shape index (κ2) is 6.37. The van der Waals surface area contributed by atoms with E-state index in [9.17, 15) is 4.79 Å². The van der Waals surface area contributed by atoms with Crippen molar-refractivity contribution in [3.05, 3.63) is 35.4 Å². The van der Waals surface area contributed by atoms with Crippen LogP contribution < -0.4 is 5.32 Å². The average Bonchev–Trinajstić information content (AvgIpc) is 2.47. The van der Waals surface area contributed by atoms with Crippen molar-refractivity contribution in [1.82, 2.24) is 10.2 Å². The molecule has 4 nitrogen and oxygen atoms in total. The molecule has 2 heterocycles. The molecule has 1 fully saturated rings. The molecule has 3 rings (SSSR count). The summed E-state index contributed by atoms with van der Waals surface area (Å²) in [5.74, 6) is 0.216. The number of amides is 1. The van der Waals surface area contributed by atoms with Crippen LogP contribution in [-0.2, 0) is 22.5 Å². The van der Waals surface area contributed by atoms with Crippen LogP contribution in [-0.4, -0.2) is 43.2 Å². The maximum absolute atomic E-state index is 12.4. The molecule has 0 saturated carbocycles. The van der Waals surface area contributed by atoms with Crippen LogP contribution in [0.2, 0.25) is 0 Å². The molecule has 0 aliphatic carbocycles. The number of ether oxygens (including phenoxy) is 1. The molecule has 2 aliphatic heterocycles. The lowest BCUT2D eigenvalue weighted by molar-refractivity contribution is -0.137. The Bertz CT molecular complexity index is 447. The first kappa shape index (κ1) is 14.3. The average molecular weight is 283 g/mol. The lowest BCUT2D eigenvalue weighted by atomic mass is 9.95. The van der Waals surface area contributed by atoms with Crippen LogP contribution in [0.1, 0.15) is 11.1 Å². The second-order valence-electron chi connectivity index (χ2n) is 4.84. The van der Waals surface area contributed by atoms with Crippen molar-refractivity contribution in [2.75, 3.05) is 26.3 Å². The minimum Gasteiger partial charge on any atom is -0.378 e. The number of morpholine rings is 1. The van der Waals surface area contributed by atoms with Gasteiger partial charge in [-0.3, -0.25) is 4.79 Å². The Balaban J connectivity index is 0.00000133. The molecule has 1 amide bonds. The largest absolute Gasteiger partial charge is 0.378 e. The maximum Gasteiger partial charge on any atom is 0.240 e. The van der Waals surface area contributed by atoms with Crippen molar-refractivity contribution < 1.29 is 9.53 Å². The summed E-state index contributed by atoms with van der Waals surface area (Å²) in [6, 6.07) is 8.26. The SMILES string of the molecule is Cl.O=C([C@@H]1Cc2ccccc2CN1)N1CCOCC1. The highest BCUT2D eigenvalue weighted by Gasteiger charge is 2.28. The first-order valence-electron chi connectivity index (χ1n) is 6.51. The summed E-state index contributed by atoms with van der Waals surface area (Å²) in [7, 11) is 0. The van der Waals surface area contributed by atoms with E-state index >= 15 is 0 Å². The molecule has 104 valence electrons. The van der Waals surface area contributed by atoms with Crippen LogP contribution in [0.15, 0.2) is 24.3 Å². The Morgan fingerprint density at radius 3 is 2.63 bits per heavy atom. The first-order valence-corrected chi connectivity index (χ1v) is 6.51. The van der Waals surface area contributed by atoms with Gasteiger partial charge in [-0.1, -0.05) is 24.3 Å². The van der Waals surface area contributed by atoms with Crippen molar-refractivity contribution in [1.29, 1.82) is 0 Å². The van der Waals surface area contributed by atoms with Crippen LogP contribution in [0.4, 0.5) is 0 Å². The fraction of sp³-hybridized carbons (Fsp3) is 0.500. The van der Waals surface area contributed by atoms with E-state index < -0.39 is 0 Å². The third kappa shape index (κ3) is 3.08. The molecule has 1 aromatic rings. The summed E-state index contributed by atoms with van der Waals surface area (Å²) < 4.78 is 5.28. The molecule has 19 heavy (non-hydrogen) atoms. The van der Waals surface area contributed by atoms with Gasteiger partial charge < -0.3 is 15.0 Å². The summed E-state index contributed by atoms with van der Waals surface area (Å²) in [6.45, 7) is 3.55. The zero-order valence-electron chi connectivity index (χ0n) is 10.8. The predicted octanol–water partition coefficient (Wildman–Crippen LogP) is 0.981. The molecular formula is C14H19ClN2O2. The number of hydrogen-bond acceptors (Lipinski definition) is 3. The summed E-state index contributed by atoms with van der Waals surface area (Å²) >= 11 is 0. The van der Waals surface area contributed by atoms with Gasteiger partial charge in [-0.15, -0.1) is 12.4 Å². The van der Waals surface area contributed by atoms with E-state index in [4.69, 9.17) is 4.74 Å². The Morgan fingerprint density at radius 1 is 1.21 bits per heavy atom. The number of nitrogens with one attached hydrogen (secondary N) is 1. The molecule has 1 atom stereocenters. The Kier molecular flexibility index (Phi) is 4.80. The number of carbonyl (C=O) groups excluding carboxylic acids is 1. The molecule has 0 spiro atoms. The third-order valence-electron chi connectivity index (χ3n) is 3.70. The van der Waals surface area contributed by atoms with Gasteiger partial charge >= 0.3 is 0 Å². The molecule has 5 heteroatoms. The van der Waals surface area contributed by atoms with E-state index in [0.717, 1.165) is 26.1 Å². The summed E-state index contributed by atoms with van der Waals surface area (Å²) in [5.41, 5.74) is 2.60. The van der Waals surface area contributed by atoms with E-state index in [2.05, 4.69) is 17.4 Å². The van der Waals surface area contributed by atoms with E-state index in [0.29, 0.717) is 13.2 Å². The van der Waals surface area contributed by atoms with E-state index in [1.807, 2.05) is 17.0 Å². The van der Waals surface area contributed by atoms with Crippen molar-refractivity contribution in [2.45, 2.75) is 19.0 Å². The Labute approximate surface area is 119 Å². The lowest BCUT2D eigenvalue weighted by Gasteiger charge is -2.33. The molecule has 0 aromatic heterocycles. The van der Waals surface area contributed by atoms with Gasteiger partial charge in [0.05, 0.1) is 19.3 Å². The van der Waals surface area contributed by atoms with Crippen molar-refractivity contribution in [3.63, 3.8) is 0 Å². The van der Waals surface area contributed by atoms with E-state index in [1.54, 1.807) is 0 Å². The van der Waals surface area contributed by atoms with Crippen molar-refractivity contribution in [2.24, 2.45) is 0 Å². The number of nitrogens with zero attached hydrogens (tertiary/aromatic N) is 1. The smallest absolute Gasteiger partial charge is 0.240 e. The molecule has 0 radical (unpaired) electrons. The number of fused-ring (bicyclic) bond motifs is 1. The van der Waals surface area contributed by atoms with Crippen LogP contribution in [0, 0.1) is 0 Å². The van der Waals surface area contributed by atoms with Gasteiger partial charge in [0.25, 0.3) is 0 Å². The van der Waals surface area contributed by atoms with Gasteiger partial charge in [0, 0.05) is 19.6 Å². The van der Waals surface area contributed by atoms with Crippen LogP contribution in [0.25, 0.3) is 0 Å². The molecule has 1 aromatic carbocycles. The fourth-order valence-corrected chi connectivity index (χ4v) is 2.63. The Hall–Kier alpha value is -1.10. The minimum absolute atomic E-state index is 0. The number of halogens is 1. The normalized spacial score (nSPS) is 22.3. The molecule has 1 saturated heterocycles. The number of hydrogen-bond donors (Lipinski definition) is 1. The maximum atomic E-state index is 12.4. The third-order valence-corrected chi connectivity index (χ3v) is 3.70. The Morgan fingerprint density at radius 2 is 1.89 bits per heavy atom. The van der Waals surface area contributed by atoms with Gasteiger partial charge in [0.15, 0.2) is 0 Å². The lowest BCUT2D eigenvalue weighted by Crippen LogP contribution is -2.52. The van der Waals surface area contributed by atoms with Crippen LogP contribution in [0.3, 0.4) is 0 Å². The van der Waals surface area contributed by atoms with E-state index in [-0.39, 0.29) is 24.4 Å². The van der Waals surface area contributed by atoms with E-state index in [1.165, 1.54) is 11.1 Å². The van der Waals surface area contributed by atoms with Gasteiger partial charge in [0.1, 0.15) is 0 Å². The number of benzene rings is 1. The summed E-state index contributed by atoms with van der Waals surface area (Å²) in [5, 5.41) is 3.34. The second-order valence-corrected chi connectivity index (χ2v) is 4.84. The van der Waals surface area contributed by atoms with Crippen LogP contribution in [0.5, 0.6) is 0 Å².